The Morgan fingerprint density at radius 2 is 2.14 bits per heavy atom. The first-order chi connectivity index (χ1) is 9.81. The van der Waals surface area contributed by atoms with Crippen molar-refractivity contribution in [1.29, 1.82) is 0 Å². The monoisotopic (exact) mass is 329 g/mol. The number of hydrogen-bond donors (Lipinski definition) is 0. The highest BCUT2D eigenvalue weighted by Gasteiger charge is 2.19. The van der Waals surface area contributed by atoms with Crippen LogP contribution in [0.2, 0.25) is 0 Å². The van der Waals surface area contributed by atoms with Crippen molar-refractivity contribution in [3.05, 3.63) is 28.8 Å². The summed E-state index contributed by atoms with van der Waals surface area (Å²) in [6, 6.07) is 5.24. The van der Waals surface area contributed by atoms with Crippen molar-refractivity contribution >= 4 is 37.6 Å². The number of thiazole rings is 1. The number of rotatable bonds is 5. The van der Waals surface area contributed by atoms with E-state index in [4.69, 9.17) is 4.74 Å². The molecule has 0 aliphatic heterocycles. The molecule has 8 heteroatoms. The number of carbonyl (C=O) groups excluding carboxylic acids is 1. The first-order valence-electron chi connectivity index (χ1n) is 6.26. The smallest absolute Gasteiger partial charge is 0.338 e. The molecule has 0 atom stereocenters. The molecule has 6 nitrogen and oxygen atoms in total. The Balaban J connectivity index is 2.33. The number of aromatic nitrogens is 1. The number of aryl methyl sites for hydroxylation is 2. The molecule has 0 bridgehead atoms. The zero-order chi connectivity index (χ0) is 15.6. The maximum Gasteiger partial charge on any atom is 0.338 e. The summed E-state index contributed by atoms with van der Waals surface area (Å²) in [4.78, 5) is 11.6. The standard InChI is InChI=1S/C13H15NO5S2/c1-9-14(6-3-7-21(16,17)18)11-8-10(13(15)19-2)4-5-12(11)20-9/h4-5,8H,3,6-7H2,1-2H3. The average molecular weight is 329 g/mol. The quantitative estimate of drug-likeness (QED) is 0.467. The molecule has 0 unspecified atom stereocenters. The van der Waals surface area contributed by atoms with Crippen LogP contribution < -0.4 is 4.57 Å². The third kappa shape index (κ3) is 3.78. The number of esters is 1. The highest BCUT2D eigenvalue weighted by molar-refractivity contribution is 7.85. The minimum Gasteiger partial charge on any atom is -0.748 e. The van der Waals surface area contributed by atoms with E-state index in [1.54, 1.807) is 23.5 Å². The number of ether oxygens (including phenoxy) is 1. The number of fused-ring (bicyclic) bond motifs is 1. The predicted molar refractivity (Wildman–Crippen MR) is 77.3 cm³/mol. The van der Waals surface area contributed by atoms with Crippen LogP contribution in [0.3, 0.4) is 0 Å². The lowest BCUT2D eigenvalue weighted by Crippen LogP contribution is -2.36. The fraction of sp³-hybridized carbons (Fsp3) is 0.385. The van der Waals surface area contributed by atoms with E-state index in [0.717, 1.165) is 15.2 Å². The Kier molecular flexibility index (Phi) is 4.60. The first-order valence-corrected chi connectivity index (χ1v) is 8.66. The Hall–Kier alpha value is -1.51. The van der Waals surface area contributed by atoms with Crippen LogP contribution in [-0.4, -0.2) is 31.8 Å². The van der Waals surface area contributed by atoms with Crippen LogP contribution >= 0.6 is 11.3 Å². The van der Waals surface area contributed by atoms with Gasteiger partial charge in [-0.05, 0) is 12.1 Å². The van der Waals surface area contributed by atoms with E-state index in [-0.39, 0.29) is 6.42 Å². The molecule has 0 aliphatic carbocycles. The molecule has 0 saturated heterocycles. The summed E-state index contributed by atoms with van der Waals surface area (Å²) < 4.78 is 39.6. The Bertz CT molecular complexity index is 779. The van der Waals surface area contributed by atoms with E-state index in [1.165, 1.54) is 7.11 Å². The van der Waals surface area contributed by atoms with Crippen molar-refractivity contribution in [2.24, 2.45) is 0 Å². The fourth-order valence-corrected chi connectivity index (χ4v) is 3.63. The van der Waals surface area contributed by atoms with E-state index in [9.17, 15) is 17.8 Å². The summed E-state index contributed by atoms with van der Waals surface area (Å²) in [6.07, 6.45) is 0.242. The van der Waals surface area contributed by atoms with Gasteiger partial charge < -0.3 is 9.29 Å². The second-order valence-electron chi connectivity index (χ2n) is 4.56. The molecule has 0 fully saturated rings. The van der Waals surface area contributed by atoms with E-state index in [0.29, 0.717) is 12.1 Å². The third-order valence-corrected chi connectivity index (χ3v) is 4.95. The van der Waals surface area contributed by atoms with Gasteiger partial charge in [-0.2, -0.15) is 4.57 Å². The topological polar surface area (TPSA) is 87.4 Å². The molecule has 0 aliphatic rings. The SMILES string of the molecule is COC(=O)c1ccc2sc(C)[n+](CCCS(=O)(=O)[O-])c2c1. The molecule has 2 rings (SSSR count). The van der Waals surface area contributed by atoms with E-state index < -0.39 is 21.8 Å². The highest BCUT2D eigenvalue weighted by Crippen LogP contribution is 2.21. The van der Waals surface area contributed by atoms with Crippen molar-refractivity contribution in [3.8, 4) is 0 Å². The van der Waals surface area contributed by atoms with Crippen molar-refractivity contribution in [2.45, 2.75) is 19.9 Å². The summed E-state index contributed by atoms with van der Waals surface area (Å²) >= 11 is 1.55. The summed E-state index contributed by atoms with van der Waals surface area (Å²) in [5.74, 6) is -0.817. The van der Waals surface area contributed by atoms with Crippen LogP contribution in [0.5, 0.6) is 0 Å². The maximum atomic E-state index is 11.6. The van der Waals surface area contributed by atoms with Gasteiger partial charge in [-0.3, -0.25) is 0 Å². The molecule has 0 radical (unpaired) electrons. The van der Waals surface area contributed by atoms with Gasteiger partial charge in [0.2, 0.25) is 10.5 Å². The van der Waals surface area contributed by atoms with Gasteiger partial charge in [0.1, 0.15) is 4.70 Å². The predicted octanol–water partition coefficient (Wildman–Crippen LogP) is 1.22. The lowest BCUT2D eigenvalue weighted by atomic mass is 10.2. The van der Waals surface area contributed by atoms with Gasteiger partial charge in [0, 0.05) is 25.2 Å². The first kappa shape index (κ1) is 15.9. The van der Waals surface area contributed by atoms with Crippen LogP contribution in [0.4, 0.5) is 0 Å². The number of carbonyl (C=O) groups is 1. The van der Waals surface area contributed by atoms with Crippen LogP contribution in [0.15, 0.2) is 18.2 Å². The molecule has 0 spiro atoms. The Labute approximate surface area is 126 Å². The number of hydrogen-bond acceptors (Lipinski definition) is 6. The fourth-order valence-electron chi connectivity index (χ4n) is 2.12. The second-order valence-corrected chi connectivity index (χ2v) is 7.32. The minimum atomic E-state index is -4.20. The van der Waals surface area contributed by atoms with Crippen LogP contribution in [0, 0.1) is 6.92 Å². The normalized spacial score (nSPS) is 11.8. The van der Waals surface area contributed by atoms with Gasteiger partial charge in [-0.1, -0.05) is 11.3 Å². The minimum absolute atomic E-state index is 0.242. The Morgan fingerprint density at radius 1 is 1.43 bits per heavy atom. The Morgan fingerprint density at radius 3 is 2.76 bits per heavy atom. The average Bonchev–Trinajstić information content (AvgIpc) is 2.72. The van der Waals surface area contributed by atoms with Gasteiger partial charge in [0.15, 0.2) is 6.54 Å². The molecular weight excluding hydrogens is 314 g/mol. The maximum absolute atomic E-state index is 11.6. The van der Waals surface area contributed by atoms with Gasteiger partial charge in [-0.25, -0.2) is 13.2 Å². The van der Waals surface area contributed by atoms with Gasteiger partial charge in [0.05, 0.1) is 22.8 Å². The summed E-state index contributed by atoms with van der Waals surface area (Å²) in [7, 11) is -2.89. The molecule has 1 aromatic carbocycles. The molecule has 0 N–H and O–H groups in total. The van der Waals surface area contributed by atoms with Gasteiger partial charge in [0.25, 0.3) is 0 Å². The van der Waals surface area contributed by atoms with Crippen LogP contribution in [0.25, 0.3) is 10.2 Å². The van der Waals surface area contributed by atoms with Gasteiger partial charge >= 0.3 is 5.97 Å². The van der Waals surface area contributed by atoms with Crippen LogP contribution in [-0.2, 0) is 21.4 Å². The molecule has 0 saturated carbocycles. The zero-order valence-electron chi connectivity index (χ0n) is 11.7. The van der Waals surface area contributed by atoms with Crippen molar-refractivity contribution in [1.82, 2.24) is 0 Å². The van der Waals surface area contributed by atoms with E-state index in [2.05, 4.69) is 0 Å². The molecular formula is C13H15NO5S2. The lowest BCUT2D eigenvalue weighted by molar-refractivity contribution is -0.672. The van der Waals surface area contributed by atoms with Crippen molar-refractivity contribution in [3.63, 3.8) is 0 Å². The van der Waals surface area contributed by atoms with E-state index in [1.807, 2.05) is 17.6 Å². The largest absolute Gasteiger partial charge is 0.748 e. The zero-order valence-corrected chi connectivity index (χ0v) is 13.3. The molecule has 2 aromatic rings. The van der Waals surface area contributed by atoms with Crippen LogP contribution in [0.1, 0.15) is 21.8 Å². The second kappa shape index (κ2) is 6.08. The molecule has 21 heavy (non-hydrogen) atoms. The van der Waals surface area contributed by atoms with Gasteiger partial charge in [-0.15, -0.1) is 0 Å². The molecule has 1 heterocycles. The van der Waals surface area contributed by atoms with Crippen molar-refractivity contribution < 1.29 is 27.1 Å². The molecule has 0 amide bonds. The number of nitrogens with zero attached hydrogens (tertiary/aromatic N) is 1. The molecule has 1 aromatic heterocycles. The highest BCUT2D eigenvalue weighted by atomic mass is 32.2. The summed E-state index contributed by atoms with van der Waals surface area (Å²) in [5.41, 5.74) is 1.27. The third-order valence-electron chi connectivity index (χ3n) is 3.08. The molecule has 114 valence electrons. The number of benzene rings is 1. The van der Waals surface area contributed by atoms with Crippen molar-refractivity contribution in [2.75, 3.05) is 12.9 Å². The number of methoxy groups -OCH3 is 1. The lowest BCUT2D eigenvalue weighted by Gasteiger charge is -2.04. The summed E-state index contributed by atoms with van der Waals surface area (Å²) in [6.45, 7) is 2.33. The van der Waals surface area contributed by atoms with E-state index >= 15 is 0 Å². The summed E-state index contributed by atoms with van der Waals surface area (Å²) in [5, 5.41) is 0.982.